The highest BCUT2D eigenvalue weighted by Crippen LogP contribution is 2.26. The molecule has 1 aliphatic rings. The van der Waals surface area contributed by atoms with E-state index < -0.39 is 0 Å². The van der Waals surface area contributed by atoms with Crippen LogP contribution in [0.4, 0.5) is 0 Å². The Morgan fingerprint density at radius 1 is 1.50 bits per heavy atom. The quantitative estimate of drug-likeness (QED) is 0.832. The summed E-state index contributed by atoms with van der Waals surface area (Å²) in [5.41, 5.74) is 1.34. The summed E-state index contributed by atoms with van der Waals surface area (Å²) in [6.07, 6.45) is 0. The van der Waals surface area contributed by atoms with Crippen molar-refractivity contribution < 1.29 is 4.42 Å². The van der Waals surface area contributed by atoms with Crippen LogP contribution in [0.15, 0.2) is 10.5 Å². The average Bonchev–Trinajstić information content (AvgIpc) is 2.57. The standard InChI is InChI=1S/C13H22N2O/c1-9-8-15(6-5-14-9)11(3)13-7-10(2)16-12(13)4/h7,9,11,14H,5-6,8H2,1-4H3. The van der Waals surface area contributed by atoms with Gasteiger partial charge in [-0.05, 0) is 33.8 Å². The Labute approximate surface area is 97.8 Å². The van der Waals surface area contributed by atoms with Crippen molar-refractivity contribution in [3.8, 4) is 0 Å². The molecule has 2 atom stereocenters. The van der Waals surface area contributed by atoms with Crippen LogP contribution in [-0.2, 0) is 0 Å². The zero-order valence-electron chi connectivity index (χ0n) is 10.7. The summed E-state index contributed by atoms with van der Waals surface area (Å²) in [6.45, 7) is 11.9. The highest BCUT2D eigenvalue weighted by atomic mass is 16.3. The highest BCUT2D eigenvalue weighted by Gasteiger charge is 2.23. The molecular formula is C13H22N2O. The molecule has 2 unspecified atom stereocenters. The molecule has 0 amide bonds. The van der Waals surface area contributed by atoms with Gasteiger partial charge in [0.05, 0.1) is 0 Å². The maximum absolute atomic E-state index is 5.61. The molecule has 1 fully saturated rings. The molecule has 16 heavy (non-hydrogen) atoms. The molecule has 1 saturated heterocycles. The Morgan fingerprint density at radius 3 is 2.81 bits per heavy atom. The molecular weight excluding hydrogens is 200 g/mol. The first-order valence-electron chi connectivity index (χ1n) is 6.12. The fraction of sp³-hybridized carbons (Fsp3) is 0.692. The van der Waals surface area contributed by atoms with Gasteiger partial charge in [0.1, 0.15) is 11.5 Å². The van der Waals surface area contributed by atoms with Crippen LogP contribution in [0, 0.1) is 13.8 Å². The van der Waals surface area contributed by atoms with E-state index in [0.717, 1.165) is 31.2 Å². The van der Waals surface area contributed by atoms with Crippen LogP contribution in [0.2, 0.25) is 0 Å². The minimum atomic E-state index is 0.460. The lowest BCUT2D eigenvalue weighted by Crippen LogP contribution is -2.49. The summed E-state index contributed by atoms with van der Waals surface area (Å²) in [6, 6.07) is 3.22. The van der Waals surface area contributed by atoms with Gasteiger partial charge in [0.25, 0.3) is 0 Å². The highest BCUT2D eigenvalue weighted by molar-refractivity contribution is 5.23. The minimum absolute atomic E-state index is 0.460. The van der Waals surface area contributed by atoms with E-state index in [0.29, 0.717) is 12.1 Å². The maximum Gasteiger partial charge on any atom is 0.105 e. The smallest absolute Gasteiger partial charge is 0.105 e. The van der Waals surface area contributed by atoms with Crippen molar-refractivity contribution in [3.05, 3.63) is 23.2 Å². The normalized spacial score (nSPS) is 24.6. The van der Waals surface area contributed by atoms with Crippen molar-refractivity contribution in [2.75, 3.05) is 19.6 Å². The van der Waals surface area contributed by atoms with Gasteiger partial charge in [-0.15, -0.1) is 0 Å². The minimum Gasteiger partial charge on any atom is -0.466 e. The molecule has 1 N–H and O–H groups in total. The van der Waals surface area contributed by atoms with Crippen LogP contribution in [0.25, 0.3) is 0 Å². The van der Waals surface area contributed by atoms with E-state index in [4.69, 9.17) is 4.42 Å². The van der Waals surface area contributed by atoms with Crippen molar-refractivity contribution in [1.29, 1.82) is 0 Å². The molecule has 2 rings (SSSR count). The zero-order chi connectivity index (χ0) is 11.7. The zero-order valence-corrected chi connectivity index (χ0v) is 10.7. The number of piperazine rings is 1. The first-order chi connectivity index (χ1) is 7.58. The van der Waals surface area contributed by atoms with E-state index in [1.165, 1.54) is 5.56 Å². The summed E-state index contributed by atoms with van der Waals surface area (Å²) in [4.78, 5) is 2.53. The number of hydrogen-bond acceptors (Lipinski definition) is 3. The lowest BCUT2D eigenvalue weighted by atomic mass is 10.1. The van der Waals surface area contributed by atoms with E-state index in [1.807, 2.05) is 6.92 Å². The number of nitrogens with zero attached hydrogens (tertiary/aromatic N) is 1. The van der Waals surface area contributed by atoms with Gasteiger partial charge < -0.3 is 9.73 Å². The van der Waals surface area contributed by atoms with E-state index in [9.17, 15) is 0 Å². The molecule has 0 aliphatic carbocycles. The summed E-state index contributed by atoms with van der Waals surface area (Å²) >= 11 is 0. The fourth-order valence-electron chi connectivity index (χ4n) is 2.58. The molecule has 1 aromatic rings. The maximum atomic E-state index is 5.61. The molecule has 0 aromatic carbocycles. The molecule has 3 heteroatoms. The van der Waals surface area contributed by atoms with Gasteiger partial charge in [0.2, 0.25) is 0 Å². The Hall–Kier alpha value is -0.800. The Kier molecular flexibility index (Phi) is 3.36. The largest absolute Gasteiger partial charge is 0.466 e. The Morgan fingerprint density at radius 2 is 2.25 bits per heavy atom. The van der Waals surface area contributed by atoms with Crippen molar-refractivity contribution in [2.45, 2.75) is 39.8 Å². The van der Waals surface area contributed by atoms with Gasteiger partial charge in [-0.2, -0.15) is 0 Å². The summed E-state index contributed by atoms with van der Waals surface area (Å²) < 4.78 is 5.61. The van der Waals surface area contributed by atoms with Crippen LogP contribution in [0.3, 0.4) is 0 Å². The first-order valence-corrected chi connectivity index (χ1v) is 6.12. The van der Waals surface area contributed by atoms with Crippen molar-refractivity contribution in [1.82, 2.24) is 10.2 Å². The second kappa shape index (κ2) is 4.60. The lowest BCUT2D eigenvalue weighted by molar-refractivity contribution is 0.157. The van der Waals surface area contributed by atoms with Crippen molar-refractivity contribution >= 4 is 0 Å². The predicted octanol–water partition coefficient (Wildman–Crippen LogP) is 2.25. The molecule has 3 nitrogen and oxygen atoms in total. The van der Waals surface area contributed by atoms with Crippen LogP contribution in [0.5, 0.6) is 0 Å². The SMILES string of the molecule is Cc1cc(C(C)N2CCNC(C)C2)c(C)o1. The second-order valence-corrected chi connectivity index (χ2v) is 4.89. The number of nitrogens with one attached hydrogen (secondary N) is 1. The lowest BCUT2D eigenvalue weighted by Gasteiger charge is -2.36. The van der Waals surface area contributed by atoms with Crippen molar-refractivity contribution in [3.63, 3.8) is 0 Å². The van der Waals surface area contributed by atoms with Gasteiger partial charge >= 0.3 is 0 Å². The van der Waals surface area contributed by atoms with E-state index in [-0.39, 0.29) is 0 Å². The number of rotatable bonds is 2. The number of aryl methyl sites for hydroxylation is 2. The van der Waals surface area contributed by atoms with Gasteiger partial charge in [0, 0.05) is 37.3 Å². The third kappa shape index (κ3) is 2.30. The molecule has 90 valence electrons. The first kappa shape index (κ1) is 11.7. The van der Waals surface area contributed by atoms with Crippen LogP contribution in [0.1, 0.15) is 37.0 Å². The molecule has 0 bridgehead atoms. The van der Waals surface area contributed by atoms with E-state index >= 15 is 0 Å². The summed E-state index contributed by atoms with van der Waals surface area (Å²) in [5.74, 6) is 2.08. The fourth-order valence-corrected chi connectivity index (χ4v) is 2.58. The van der Waals surface area contributed by atoms with Crippen LogP contribution >= 0.6 is 0 Å². The Balaban J connectivity index is 2.11. The van der Waals surface area contributed by atoms with Crippen molar-refractivity contribution in [2.24, 2.45) is 0 Å². The van der Waals surface area contributed by atoms with Gasteiger partial charge in [-0.3, -0.25) is 4.90 Å². The Bertz CT molecular complexity index is 359. The monoisotopic (exact) mass is 222 g/mol. The summed E-state index contributed by atoms with van der Waals surface area (Å²) in [5, 5.41) is 3.47. The molecule has 1 aliphatic heterocycles. The van der Waals surface area contributed by atoms with Gasteiger partial charge in [-0.25, -0.2) is 0 Å². The second-order valence-electron chi connectivity index (χ2n) is 4.89. The predicted molar refractivity (Wildman–Crippen MR) is 65.6 cm³/mol. The third-order valence-corrected chi connectivity index (χ3v) is 3.48. The van der Waals surface area contributed by atoms with Crippen LogP contribution in [-0.4, -0.2) is 30.6 Å². The number of hydrogen-bond donors (Lipinski definition) is 1. The van der Waals surface area contributed by atoms with E-state index in [1.54, 1.807) is 0 Å². The topological polar surface area (TPSA) is 28.4 Å². The number of furan rings is 1. The molecule has 0 radical (unpaired) electrons. The summed E-state index contributed by atoms with van der Waals surface area (Å²) in [7, 11) is 0. The third-order valence-electron chi connectivity index (χ3n) is 3.48. The molecule has 0 saturated carbocycles. The molecule has 0 spiro atoms. The molecule has 2 heterocycles. The average molecular weight is 222 g/mol. The van der Waals surface area contributed by atoms with Crippen LogP contribution < -0.4 is 5.32 Å². The molecule has 1 aromatic heterocycles. The van der Waals surface area contributed by atoms with Gasteiger partial charge in [-0.1, -0.05) is 0 Å². The van der Waals surface area contributed by atoms with E-state index in [2.05, 4.69) is 37.1 Å². The van der Waals surface area contributed by atoms with Gasteiger partial charge in [0.15, 0.2) is 0 Å².